The molecule has 0 atom stereocenters. The molecule has 0 spiro atoms. The zero-order valence-electron chi connectivity index (χ0n) is 11.9. The van der Waals surface area contributed by atoms with Gasteiger partial charge < -0.3 is 4.74 Å². The minimum Gasteiger partial charge on any atom is -0.493 e. The van der Waals surface area contributed by atoms with Gasteiger partial charge in [0.1, 0.15) is 5.75 Å². The largest absolute Gasteiger partial charge is 0.493 e. The summed E-state index contributed by atoms with van der Waals surface area (Å²) in [5.74, 6) is 0.603. The standard InChI is InChI=1S/C14H20Cl2O3S/c1-4-14(5-2,10-20(16,17)18)9-19-12-6-7-13(15)11(3)8-12/h6-8H,4-5,9-10H2,1-3H3. The van der Waals surface area contributed by atoms with Crippen molar-refractivity contribution >= 4 is 31.3 Å². The highest BCUT2D eigenvalue weighted by Gasteiger charge is 2.32. The van der Waals surface area contributed by atoms with Gasteiger partial charge in [0.15, 0.2) is 0 Å². The molecule has 1 aromatic rings. The molecule has 0 aliphatic heterocycles. The second kappa shape index (κ2) is 7.01. The van der Waals surface area contributed by atoms with Crippen LogP contribution in [0, 0.1) is 12.3 Å². The van der Waals surface area contributed by atoms with Gasteiger partial charge in [-0.3, -0.25) is 0 Å². The van der Waals surface area contributed by atoms with Crippen LogP contribution in [0.4, 0.5) is 0 Å². The number of benzene rings is 1. The van der Waals surface area contributed by atoms with Crippen molar-refractivity contribution in [2.24, 2.45) is 5.41 Å². The molecule has 0 amide bonds. The van der Waals surface area contributed by atoms with Crippen LogP contribution in [-0.2, 0) is 9.05 Å². The summed E-state index contributed by atoms with van der Waals surface area (Å²) in [6.07, 6.45) is 1.37. The van der Waals surface area contributed by atoms with Crippen molar-refractivity contribution in [2.45, 2.75) is 33.6 Å². The molecule has 3 nitrogen and oxygen atoms in total. The Morgan fingerprint density at radius 3 is 2.30 bits per heavy atom. The Bertz CT molecular complexity index is 552. The highest BCUT2D eigenvalue weighted by molar-refractivity contribution is 8.13. The van der Waals surface area contributed by atoms with Gasteiger partial charge in [-0.25, -0.2) is 8.42 Å². The molecule has 0 radical (unpaired) electrons. The van der Waals surface area contributed by atoms with Crippen LogP contribution >= 0.6 is 22.3 Å². The molecule has 6 heteroatoms. The Morgan fingerprint density at radius 2 is 1.85 bits per heavy atom. The molecule has 114 valence electrons. The van der Waals surface area contributed by atoms with E-state index in [1.807, 2.05) is 26.8 Å². The van der Waals surface area contributed by atoms with Crippen molar-refractivity contribution in [1.29, 1.82) is 0 Å². The van der Waals surface area contributed by atoms with Crippen LogP contribution < -0.4 is 4.74 Å². The van der Waals surface area contributed by atoms with Crippen molar-refractivity contribution < 1.29 is 13.2 Å². The van der Waals surface area contributed by atoms with Crippen LogP contribution in [0.1, 0.15) is 32.3 Å². The van der Waals surface area contributed by atoms with E-state index in [1.165, 1.54) is 0 Å². The summed E-state index contributed by atoms with van der Waals surface area (Å²) in [7, 11) is 1.85. The van der Waals surface area contributed by atoms with Crippen molar-refractivity contribution in [3.05, 3.63) is 28.8 Å². The van der Waals surface area contributed by atoms with Gasteiger partial charge in [0.05, 0.1) is 12.4 Å². The molecule has 0 saturated carbocycles. The maximum Gasteiger partial charge on any atom is 0.233 e. The summed E-state index contributed by atoms with van der Waals surface area (Å²) in [6, 6.07) is 5.39. The molecular formula is C14H20Cl2O3S. The molecule has 0 aliphatic carbocycles. The van der Waals surface area contributed by atoms with Crippen molar-refractivity contribution in [3.63, 3.8) is 0 Å². The number of aryl methyl sites for hydroxylation is 1. The Hall–Kier alpha value is -0.450. The summed E-state index contributed by atoms with van der Waals surface area (Å²) in [5.41, 5.74) is 0.460. The molecule has 0 heterocycles. The van der Waals surface area contributed by atoms with Crippen LogP contribution in [0.25, 0.3) is 0 Å². The van der Waals surface area contributed by atoms with Crippen LogP contribution in [0.15, 0.2) is 18.2 Å². The number of rotatable bonds is 7. The smallest absolute Gasteiger partial charge is 0.233 e. The molecule has 20 heavy (non-hydrogen) atoms. The zero-order valence-corrected chi connectivity index (χ0v) is 14.3. The van der Waals surface area contributed by atoms with Gasteiger partial charge in [-0.2, -0.15) is 0 Å². The molecule has 1 rings (SSSR count). The first-order chi connectivity index (χ1) is 9.21. The zero-order chi connectivity index (χ0) is 15.4. The Labute approximate surface area is 130 Å². The minimum absolute atomic E-state index is 0.0822. The fourth-order valence-corrected chi connectivity index (χ4v) is 4.04. The fourth-order valence-electron chi connectivity index (χ4n) is 2.01. The molecule has 0 fully saturated rings. The first kappa shape index (κ1) is 17.6. The Balaban J connectivity index is 2.83. The maximum absolute atomic E-state index is 11.4. The lowest BCUT2D eigenvalue weighted by molar-refractivity contribution is 0.155. The molecular weight excluding hydrogens is 319 g/mol. The van der Waals surface area contributed by atoms with Gasteiger partial charge in [0.2, 0.25) is 9.05 Å². The third kappa shape index (κ3) is 5.15. The second-order valence-electron chi connectivity index (χ2n) is 5.09. The normalized spacial score (nSPS) is 12.4. The van der Waals surface area contributed by atoms with E-state index in [0.29, 0.717) is 30.2 Å². The van der Waals surface area contributed by atoms with Gasteiger partial charge >= 0.3 is 0 Å². The van der Waals surface area contributed by atoms with Gasteiger partial charge in [0.25, 0.3) is 0 Å². The second-order valence-corrected chi connectivity index (χ2v) is 8.27. The van der Waals surface area contributed by atoms with Crippen molar-refractivity contribution in [1.82, 2.24) is 0 Å². The molecule has 0 aromatic heterocycles. The van der Waals surface area contributed by atoms with E-state index in [2.05, 4.69) is 0 Å². The van der Waals surface area contributed by atoms with Crippen LogP contribution in [0.3, 0.4) is 0 Å². The van der Waals surface area contributed by atoms with Gasteiger partial charge in [0, 0.05) is 21.1 Å². The predicted octanol–water partition coefficient (Wildman–Crippen LogP) is 4.40. The molecule has 0 unspecified atom stereocenters. The Morgan fingerprint density at radius 1 is 1.25 bits per heavy atom. The third-order valence-corrected chi connectivity index (χ3v) is 5.36. The fraction of sp³-hybridized carbons (Fsp3) is 0.571. The SMILES string of the molecule is CCC(CC)(COc1ccc(Cl)c(C)c1)CS(=O)(=O)Cl. The minimum atomic E-state index is -3.55. The monoisotopic (exact) mass is 338 g/mol. The summed E-state index contributed by atoms with van der Waals surface area (Å²) in [5, 5.41) is 0.679. The van der Waals surface area contributed by atoms with E-state index in [-0.39, 0.29) is 5.75 Å². The summed E-state index contributed by atoms with van der Waals surface area (Å²) in [6.45, 7) is 6.10. The third-order valence-electron chi connectivity index (χ3n) is 3.65. The van der Waals surface area contributed by atoms with E-state index in [0.717, 1.165) is 5.56 Å². The van der Waals surface area contributed by atoms with E-state index in [9.17, 15) is 8.42 Å². The van der Waals surface area contributed by atoms with E-state index < -0.39 is 14.5 Å². The molecule has 0 N–H and O–H groups in total. The number of hydrogen-bond acceptors (Lipinski definition) is 3. The summed E-state index contributed by atoms with van der Waals surface area (Å²) in [4.78, 5) is 0. The summed E-state index contributed by atoms with van der Waals surface area (Å²) < 4.78 is 28.5. The van der Waals surface area contributed by atoms with Crippen LogP contribution in [-0.4, -0.2) is 20.8 Å². The highest BCUT2D eigenvalue weighted by Crippen LogP contribution is 2.31. The average molecular weight is 339 g/mol. The number of halogens is 2. The predicted molar refractivity (Wildman–Crippen MR) is 84.3 cm³/mol. The topological polar surface area (TPSA) is 43.4 Å². The molecule has 0 aliphatic rings. The quantitative estimate of drug-likeness (QED) is 0.692. The number of ether oxygens (including phenoxy) is 1. The lowest BCUT2D eigenvalue weighted by Gasteiger charge is -2.30. The average Bonchev–Trinajstić information content (AvgIpc) is 2.37. The van der Waals surface area contributed by atoms with E-state index in [4.69, 9.17) is 27.0 Å². The molecule has 1 aromatic carbocycles. The van der Waals surface area contributed by atoms with Crippen molar-refractivity contribution in [2.75, 3.05) is 12.4 Å². The highest BCUT2D eigenvalue weighted by atomic mass is 35.7. The lowest BCUT2D eigenvalue weighted by atomic mass is 9.85. The van der Waals surface area contributed by atoms with Gasteiger partial charge in [-0.15, -0.1) is 0 Å². The Kier molecular flexibility index (Phi) is 6.17. The maximum atomic E-state index is 11.4. The summed E-state index contributed by atoms with van der Waals surface area (Å²) >= 11 is 5.96. The lowest BCUT2D eigenvalue weighted by Crippen LogP contribution is -2.33. The first-order valence-electron chi connectivity index (χ1n) is 6.52. The first-order valence-corrected chi connectivity index (χ1v) is 9.38. The molecule has 0 bridgehead atoms. The van der Waals surface area contributed by atoms with Crippen molar-refractivity contribution in [3.8, 4) is 5.75 Å². The van der Waals surface area contributed by atoms with Gasteiger partial charge in [-0.05, 0) is 43.5 Å². The number of hydrogen-bond donors (Lipinski definition) is 0. The van der Waals surface area contributed by atoms with E-state index >= 15 is 0 Å². The molecule has 0 saturated heterocycles. The van der Waals surface area contributed by atoms with E-state index in [1.54, 1.807) is 12.1 Å². The van der Waals surface area contributed by atoms with Crippen LogP contribution in [0.5, 0.6) is 5.75 Å². The van der Waals surface area contributed by atoms with Crippen LogP contribution in [0.2, 0.25) is 5.02 Å². The van der Waals surface area contributed by atoms with Gasteiger partial charge in [-0.1, -0.05) is 25.4 Å².